The summed E-state index contributed by atoms with van der Waals surface area (Å²) in [7, 11) is 1.94. The minimum Gasteiger partial charge on any atom is -0.478 e. The zero-order valence-corrected chi connectivity index (χ0v) is 11.7. The summed E-state index contributed by atoms with van der Waals surface area (Å²) >= 11 is 0. The maximum absolute atomic E-state index is 11.2. The number of pyridine rings is 1. The summed E-state index contributed by atoms with van der Waals surface area (Å²) in [4.78, 5) is 17.6. The van der Waals surface area contributed by atoms with E-state index < -0.39 is 5.97 Å². The Bertz CT molecular complexity index is 613. The molecule has 0 saturated carbocycles. The van der Waals surface area contributed by atoms with Crippen LogP contribution in [0.25, 0.3) is 10.9 Å². The van der Waals surface area contributed by atoms with Crippen LogP contribution in [0, 0.1) is 0 Å². The van der Waals surface area contributed by atoms with Crippen molar-refractivity contribution in [2.75, 3.05) is 31.7 Å². The Balaban J connectivity index is 2.28. The third-order valence-corrected chi connectivity index (χ3v) is 3.11. The summed E-state index contributed by atoms with van der Waals surface area (Å²) in [6, 6.07) is 8.76. The molecular weight excluding hydrogens is 256 g/mol. The molecule has 0 saturated heterocycles. The van der Waals surface area contributed by atoms with Gasteiger partial charge in [-0.3, -0.25) is 0 Å². The maximum Gasteiger partial charge on any atom is 0.336 e. The second-order valence-electron chi connectivity index (χ2n) is 4.47. The number of hydrogen-bond acceptors (Lipinski definition) is 4. The summed E-state index contributed by atoms with van der Waals surface area (Å²) in [6.45, 7) is 4.04. The van der Waals surface area contributed by atoms with Crippen LogP contribution in [0.15, 0.2) is 30.3 Å². The second-order valence-corrected chi connectivity index (χ2v) is 4.47. The molecule has 2 aromatic rings. The van der Waals surface area contributed by atoms with Crippen molar-refractivity contribution >= 4 is 22.7 Å². The Kier molecular flexibility index (Phi) is 4.53. The van der Waals surface area contributed by atoms with E-state index in [1.165, 1.54) is 0 Å². The van der Waals surface area contributed by atoms with E-state index in [9.17, 15) is 4.79 Å². The average molecular weight is 274 g/mol. The predicted octanol–water partition coefficient (Wildman–Crippen LogP) is 2.41. The van der Waals surface area contributed by atoms with Gasteiger partial charge in [-0.05, 0) is 31.2 Å². The molecule has 0 aliphatic carbocycles. The third-order valence-electron chi connectivity index (χ3n) is 3.11. The van der Waals surface area contributed by atoms with E-state index in [1.54, 1.807) is 18.2 Å². The van der Waals surface area contributed by atoms with Gasteiger partial charge < -0.3 is 14.7 Å². The molecule has 0 spiro atoms. The molecule has 0 aliphatic rings. The highest BCUT2D eigenvalue weighted by molar-refractivity contribution is 6.02. The topological polar surface area (TPSA) is 62.7 Å². The molecule has 2 rings (SSSR count). The minimum absolute atomic E-state index is 0.276. The monoisotopic (exact) mass is 274 g/mol. The number of carboxylic acids is 1. The second kappa shape index (κ2) is 6.34. The Morgan fingerprint density at radius 3 is 2.85 bits per heavy atom. The molecule has 0 unspecified atom stereocenters. The van der Waals surface area contributed by atoms with Crippen molar-refractivity contribution in [2.45, 2.75) is 6.92 Å². The average Bonchev–Trinajstić information content (AvgIpc) is 2.46. The summed E-state index contributed by atoms with van der Waals surface area (Å²) in [5.74, 6) is -0.130. The van der Waals surface area contributed by atoms with Gasteiger partial charge in [0, 0.05) is 25.6 Å². The quantitative estimate of drug-likeness (QED) is 0.820. The SMILES string of the molecule is CCOCCN(C)c1ccc2c(C(=O)O)cccc2n1. The number of ether oxygens (including phenoxy) is 1. The lowest BCUT2D eigenvalue weighted by molar-refractivity contribution is 0.0699. The van der Waals surface area contributed by atoms with Gasteiger partial charge in [0.25, 0.3) is 0 Å². The van der Waals surface area contributed by atoms with Crippen molar-refractivity contribution in [3.63, 3.8) is 0 Å². The molecule has 106 valence electrons. The van der Waals surface area contributed by atoms with Gasteiger partial charge in [0.15, 0.2) is 0 Å². The Hall–Kier alpha value is -2.14. The lowest BCUT2D eigenvalue weighted by Gasteiger charge is -2.18. The Morgan fingerprint density at radius 2 is 2.15 bits per heavy atom. The summed E-state index contributed by atoms with van der Waals surface area (Å²) in [6.07, 6.45) is 0. The fourth-order valence-electron chi connectivity index (χ4n) is 2.00. The van der Waals surface area contributed by atoms with Crippen LogP contribution in [0.2, 0.25) is 0 Å². The van der Waals surface area contributed by atoms with E-state index in [0.29, 0.717) is 24.1 Å². The van der Waals surface area contributed by atoms with Crippen molar-refractivity contribution in [3.05, 3.63) is 35.9 Å². The first-order chi connectivity index (χ1) is 9.63. The number of rotatable bonds is 6. The van der Waals surface area contributed by atoms with Crippen LogP contribution in [0.5, 0.6) is 0 Å². The number of hydrogen-bond donors (Lipinski definition) is 1. The van der Waals surface area contributed by atoms with Gasteiger partial charge in [0.05, 0.1) is 17.7 Å². The molecule has 1 heterocycles. The van der Waals surface area contributed by atoms with E-state index >= 15 is 0 Å². The van der Waals surface area contributed by atoms with Gasteiger partial charge in [-0.1, -0.05) is 6.07 Å². The van der Waals surface area contributed by atoms with Gasteiger partial charge >= 0.3 is 5.97 Å². The molecule has 0 fully saturated rings. The molecule has 0 aliphatic heterocycles. The van der Waals surface area contributed by atoms with E-state index in [0.717, 1.165) is 12.4 Å². The Morgan fingerprint density at radius 1 is 1.35 bits per heavy atom. The minimum atomic E-state index is -0.935. The Labute approximate surface area is 117 Å². The van der Waals surface area contributed by atoms with Crippen molar-refractivity contribution in [2.24, 2.45) is 0 Å². The van der Waals surface area contributed by atoms with Crippen LogP contribution in [-0.2, 0) is 4.74 Å². The number of benzene rings is 1. The van der Waals surface area contributed by atoms with Crippen LogP contribution in [-0.4, -0.2) is 42.9 Å². The number of anilines is 1. The highest BCUT2D eigenvalue weighted by atomic mass is 16.5. The largest absolute Gasteiger partial charge is 0.478 e. The molecule has 0 bridgehead atoms. The molecule has 5 heteroatoms. The molecule has 1 aromatic heterocycles. The normalized spacial score (nSPS) is 10.7. The van der Waals surface area contributed by atoms with E-state index in [1.807, 2.05) is 31.0 Å². The number of nitrogens with zero attached hydrogens (tertiary/aromatic N) is 2. The third kappa shape index (κ3) is 3.05. The number of aromatic nitrogens is 1. The number of carboxylic acid groups (broad SMARTS) is 1. The smallest absolute Gasteiger partial charge is 0.336 e. The van der Waals surface area contributed by atoms with Crippen LogP contribution < -0.4 is 4.90 Å². The lowest BCUT2D eigenvalue weighted by atomic mass is 10.1. The summed E-state index contributed by atoms with van der Waals surface area (Å²) in [5, 5.41) is 9.80. The standard InChI is InChI=1S/C15H18N2O3/c1-3-20-10-9-17(2)14-8-7-11-12(15(18)19)5-4-6-13(11)16-14/h4-8H,3,9-10H2,1-2H3,(H,18,19). The summed E-state index contributed by atoms with van der Waals surface area (Å²) in [5.41, 5.74) is 0.962. The molecule has 0 atom stereocenters. The predicted molar refractivity (Wildman–Crippen MR) is 78.5 cm³/mol. The fourth-order valence-corrected chi connectivity index (χ4v) is 2.00. The number of fused-ring (bicyclic) bond motifs is 1. The zero-order valence-electron chi connectivity index (χ0n) is 11.7. The molecule has 1 N–H and O–H groups in total. The zero-order chi connectivity index (χ0) is 14.5. The van der Waals surface area contributed by atoms with Gasteiger partial charge in [0.2, 0.25) is 0 Å². The number of carbonyl (C=O) groups is 1. The van der Waals surface area contributed by atoms with Crippen molar-refractivity contribution in [3.8, 4) is 0 Å². The van der Waals surface area contributed by atoms with Crippen molar-refractivity contribution < 1.29 is 14.6 Å². The van der Waals surface area contributed by atoms with Crippen LogP contribution in [0.1, 0.15) is 17.3 Å². The first kappa shape index (κ1) is 14.3. The van der Waals surface area contributed by atoms with Crippen LogP contribution >= 0.6 is 0 Å². The van der Waals surface area contributed by atoms with Gasteiger partial charge in [-0.15, -0.1) is 0 Å². The van der Waals surface area contributed by atoms with Crippen LogP contribution in [0.4, 0.5) is 5.82 Å². The molecule has 0 amide bonds. The van der Waals surface area contributed by atoms with Crippen LogP contribution in [0.3, 0.4) is 0 Å². The fraction of sp³-hybridized carbons (Fsp3) is 0.333. The molecular formula is C15H18N2O3. The molecule has 0 radical (unpaired) electrons. The van der Waals surface area contributed by atoms with Crippen molar-refractivity contribution in [1.82, 2.24) is 4.98 Å². The van der Waals surface area contributed by atoms with Crippen molar-refractivity contribution in [1.29, 1.82) is 0 Å². The number of likely N-dealkylation sites (N-methyl/N-ethyl adjacent to an activating group) is 1. The van der Waals surface area contributed by atoms with E-state index in [2.05, 4.69) is 4.98 Å². The number of aromatic carboxylic acids is 1. The first-order valence-electron chi connectivity index (χ1n) is 6.55. The van der Waals surface area contributed by atoms with E-state index in [-0.39, 0.29) is 5.56 Å². The molecule has 20 heavy (non-hydrogen) atoms. The lowest BCUT2D eigenvalue weighted by Crippen LogP contribution is -2.23. The highest BCUT2D eigenvalue weighted by Crippen LogP contribution is 2.20. The molecule has 1 aromatic carbocycles. The van der Waals surface area contributed by atoms with E-state index in [4.69, 9.17) is 9.84 Å². The summed E-state index contributed by atoms with van der Waals surface area (Å²) < 4.78 is 5.32. The van der Waals surface area contributed by atoms with Gasteiger partial charge in [-0.2, -0.15) is 0 Å². The van der Waals surface area contributed by atoms with Gasteiger partial charge in [0.1, 0.15) is 5.82 Å². The highest BCUT2D eigenvalue weighted by Gasteiger charge is 2.10. The molecule has 5 nitrogen and oxygen atoms in total. The first-order valence-corrected chi connectivity index (χ1v) is 6.55. The maximum atomic E-state index is 11.2. The van der Waals surface area contributed by atoms with Gasteiger partial charge in [-0.25, -0.2) is 9.78 Å².